The third-order valence-corrected chi connectivity index (χ3v) is 3.60. The number of unbranched alkanes of at least 4 members (excludes halogenated alkanes) is 4. The van der Waals surface area contributed by atoms with Crippen LogP contribution < -0.4 is 20.5 Å². The Bertz CT molecular complexity index is 464. The smallest absolute Gasteiger partial charge is 0.220 e. The van der Waals surface area contributed by atoms with Crippen LogP contribution in [0.2, 0.25) is 0 Å². The molecular formula is C18H30N2O3. The number of amides is 1. The quantitative estimate of drug-likeness (QED) is 0.580. The molecule has 1 rings (SSSR count). The molecule has 0 spiro atoms. The van der Waals surface area contributed by atoms with Gasteiger partial charge in [0.2, 0.25) is 5.91 Å². The van der Waals surface area contributed by atoms with Crippen LogP contribution in [0.3, 0.4) is 0 Å². The first-order valence-electron chi connectivity index (χ1n) is 8.47. The minimum atomic E-state index is 0.101. The number of nitrogens with one attached hydrogen (secondary N) is 1. The Balaban J connectivity index is 2.37. The fraction of sp³-hybridized carbons (Fsp3) is 0.611. The van der Waals surface area contributed by atoms with E-state index in [0.717, 1.165) is 18.4 Å². The summed E-state index contributed by atoms with van der Waals surface area (Å²) < 4.78 is 10.8. The molecular weight excluding hydrogens is 292 g/mol. The van der Waals surface area contributed by atoms with Crippen LogP contribution in [-0.4, -0.2) is 26.2 Å². The molecule has 0 aliphatic rings. The molecule has 0 atom stereocenters. The zero-order valence-electron chi connectivity index (χ0n) is 14.4. The van der Waals surface area contributed by atoms with Gasteiger partial charge < -0.3 is 20.5 Å². The highest BCUT2D eigenvalue weighted by molar-refractivity contribution is 5.75. The normalized spacial score (nSPS) is 10.4. The molecule has 0 unspecified atom stereocenters. The van der Waals surface area contributed by atoms with Gasteiger partial charge in [-0.2, -0.15) is 0 Å². The summed E-state index contributed by atoms with van der Waals surface area (Å²) in [7, 11) is 1.60. The molecule has 0 saturated carbocycles. The fourth-order valence-corrected chi connectivity index (χ4v) is 2.29. The van der Waals surface area contributed by atoms with E-state index in [1.54, 1.807) is 7.11 Å². The van der Waals surface area contributed by atoms with Gasteiger partial charge in [0.15, 0.2) is 11.5 Å². The summed E-state index contributed by atoms with van der Waals surface area (Å²) in [5.74, 6) is 1.43. The summed E-state index contributed by atoms with van der Waals surface area (Å²) in [5, 5.41) is 2.95. The number of hydrogen-bond acceptors (Lipinski definition) is 4. The molecule has 1 aromatic carbocycles. The standard InChI is InChI=1S/C18H30N2O3/c1-3-4-5-6-7-8-18(21)20-14-15-9-10-16(23-12-11-19)17(13-15)22-2/h9-10,13H,3-8,11-12,14,19H2,1-2H3,(H,20,21). The number of carbonyl (C=O) groups excluding carboxylic acids is 1. The van der Waals surface area contributed by atoms with E-state index in [4.69, 9.17) is 15.2 Å². The number of carbonyl (C=O) groups is 1. The Hall–Kier alpha value is -1.75. The number of benzene rings is 1. The highest BCUT2D eigenvalue weighted by Crippen LogP contribution is 2.27. The number of ether oxygens (including phenoxy) is 2. The molecule has 23 heavy (non-hydrogen) atoms. The number of rotatable bonds is 12. The highest BCUT2D eigenvalue weighted by atomic mass is 16.5. The Labute approximate surface area is 139 Å². The molecule has 5 nitrogen and oxygen atoms in total. The predicted molar refractivity (Wildman–Crippen MR) is 92.8 cm³/mol. The van der Waals surface area contributed by atoms with Gasteiger partial charge in [-0.1, -0.05) is 38.7 Å². The van der Waals surface area contributed by atoms with Crippen molar-refractivity contribution in [3.05, 3.63) is 23.8 Å². The lowest BCUT2D eigenvalue weighted by Crippen LogP contribution is -2.22. The first-order chi connectivity index (χ1) is 11.2. The van der Waals surface area contributed by atoms with E-state index in [1.807, 2.05) is 18.2 Å². The van der Waals surface area contributed by atoms with Crippen molar-refractivity contribution in [2.45, 2.75) is 52.0 Å². The zero-order valence-corrected chi connectivity index (χ0v) is 14.4. The number of hydrogen-bond donors (Lipinski definition) is 2. The lowest BCUT2D eigenvalue weighted by atomic mass is 10.1. The van der Waals surface area contributed by atoms with E-state index in [-0.39, 0.29) is 5.91 Å². The molecule has 0 aliphatic carbocycles. The molecule has 0 heterocycles. The van der Waals surface area contributed by atoms with Crippen LogP contribution in [-0.2, 0) is 11.3 Å². The van der Waals surface area contributed by atoms with Gasteiger partial charge in [0, 0.05) is 19.5 Å². The summed E-state index contributed by atoms with van der Waals surface area (Å²) in [6, 6.07) is 5.66. The lowest BCUT2D eigenvalue weighted by Gasteiger charge is -2.12. The van der Waals surface area contributed by atoms with Crippen LogP contribution in [0.5, 0.6) is 11.5 Å². The third-order valence-electron chi connectivity index (χ3n) is 3.60. The van der Waals surface area contributed by atoms with Crippen LogP contribution >= 0.6 is 0 Å². The summed E-state index contributed by atoms with van der Waals surface area (Å²) in [4.78, 5) is 11.8. The Morgan fingerprint density at radius 3 is 2.65 bits per heavy atom. The average molecular weight is 322 g/mol. The monoisotopic (exact) mass is 322 g/mol. The maximum Gasteiger partial charge on any atom is 0.220 e. The van der Waals surface area contributed by atoms with E-state index in [9.17, 15) is 4.79 Å². The van der Waals surface area contributed by atoms with Crippen molar-refractivity contribution in [3.63, 3.8) is 0 Å². The average Bonchev–Trinajstić information content (AvgIpc) is 2.58. The first kappa shape index (κ1) is 19.3. The maximum atomic E-state index is 11.8. The maximum absolute atomic E-state index is 11.8. The largest absolute Gasteiger partial charge is 0.493 e. The second-order valence-electron chi connectivity index (χ2n) is 5.56. The molecule has 5 heteroatoms. The van der Waals surface area contributed by atoms with Gasteiger partial charge in [0.05, 0.1) is 7.11 Å². The fourth-order valence-electron chi connectivity index (χ4n) is 2.29. The van der Waals surface area contributed by atoms with Gasteiger partial charge in [-0.05, 0) is 24.1 Å². The molecule has 0 bridgehead atoms. The van der Waals surface area contributed by atoms with Crippen molar-refractivity contribution >= 4 is 5.91 Å². The lowest BCUT2D eigenvalue weighted by molar-refractivity contribution is -0.121. The van der Waals surface area contributed by atoms with Gasteiger partial charge in [-0.15, -0.1) is 0 Å². The van der Waals surface area contributed by atoms with Crippen LogP contribution in [0.4, 0.5) is 0 Å². The van der Waals surface area contributed by atoms with Gasteiger partial charge >= 0.3 is 0 Å². The Morgan fingerprint density at radius 2 is 1.96 bits per heavy atom. The molecule has 0 radical (unpaired) electrons. The highest BCUT2D eigenvalue weighted by Gasteiger charge is 2.07. The summed E-state index contributed by atoms with van der Waals surface area (Å²) in [5.41, 5.74) is 6.42. The number of methoxy groups -OCH3 is 1. The van der Waals surface area contributed by atoms with Crippen molar-refractivity contribution in [2.75, 3.05) is 20.3 Å². The van der Waals surface area contributed by atoms with E-state index >= 15 is 0 Å². The van der Waals surface area contributed by atoms with Crippen molar-refractivity contribution in [1.82, 2.24) is 5.32 Å². The minimum absolute atomic E-state index is 0.101. The van der Waals surface area contributed by atoms with E-state index in [2.05, 4.69) is 12.2 Å². The molecule has 130 valence electrons. The van der Waals surface area contributed by atoms with Gasteiger partial charge in [-0.3, -0.25) is 4.79 Å². The van der Waals surface area contributed by atoms with Crippen molar-refractivity contribution < 1.29 is 14.3 Å². The second kappa shape index (κ2) is 11.8. The summed E-state index contributed by atoms with van der Waals surface area (Å²) >= 11 is 0. The first-order valence-corrected chi connectivity index (χ1v) is 8.47. The van der Waals surface area contributed by atoms with Gasteiger partial charge in [0.25, 0.3) is 0 Å². The molecule has 0 saturated heterocycles. The van der Waals surface area contributed by atoms with E-state index in [0.29, 0.717) is 37.6 Å². The third kappa shape index (κ3) is 7.88. The Kier molecular flexibility index (Phi) is 9.87. The molecule has 0 aromatic heterocycles. The SMILES string of the molecule is CCCCCCCC(=O)NCc1ccc(OCCN)c(OC)c1. The van der Waals surface area contributed by atoms with Crippen LogP contribution in [0.1, 0.15) is 51.0 Å². The van der Waals surface area contributed by atoms with Crippen molar-refractivity contribution in [3.8, 4) is 11.5 Å². The second-order valence-corrected chi connectivity index (χ2v) is 5.56. The van der Waals surface area contributed by atoms with Gasteiger partial charge in [-0.25, -0.2) is 0 Å². The zero-order chi connectivity index (χ0) is 16.9. The molecule has 3 N–H and O–H groups in total. The van der Waals surface area contributed by atoms with Crippen LogP contribution in [0.15, 0.2) is 18.2 Å². The van der Waals surface area contributed by atoms with Gasteiger partial charge in [0.1, 0.15) is 6.61 Å². The predicted octanol–water partition coefficient (Wildman–Crippen LogP) is 3.01. The number of nitrogens with two attached hydrogens (primary N) is 1. The topological polar surface area (TPSA) is 73.6 Å². The Morgan fingerprint density at radius 1 is 1.17 bits per heavy atom. The van der Waals surface area contributed by atoms with Crippen LogP contribution in [0, 0.1) is 0 Å². The van der Waals surface area contributed by atoms with Crippen molar-refractivity contribution in [2.24, 2.45) is 5.73 Å². The minimum Gasteiger partial charge on any atom is -0.493 e. The summed E-state index contributed by atoms with van der Waals surface area (Å²) in [6.45, 7) is 3.60. The van der Waals surface area contributed by atoms with Crippen LogP contribution in [0.25, 0.3) is 0 Å². The molecule has 0 aliphatic heterocycles. The summed E-state index contributed by atoms with van der Waals surface area (Å²) in [6.07, 6.45) is 6.37. The van der Waals surface area contributed by atoms with E-state index < -0.39 is 0 Å². The molecule has 1 amide bonds. The molecule has 0 fully saturated rings. The molecule has 1 aromatic rings. The van der Waals surface area contributed by atoms with Crippen molar-refractivity contribution in [1.29, 1.82) is 0 Å². The van der Waals surface area contributed by atoms with E-state index in [1.165, 1.54) is 19.3 Å².